The van der Waals surface area contributed by atoms with Gasteiger partial charge < -0.3 is 20.9 Å². The number of rotatable bonds is 8. The van der Waals surface area contributed by atoms with Gasteiger partial charge in [0.15, 0.2) is 0 Å². The highest BCUT2D eigenvalue weighted by Gasteiger charge is 2.18. The minimum atomic E-state index is -0.537. The fraction of sp³-hybridized carbons (Fsp3) is 0.909. The molecule has 1 amide bonds. The summed E-state index contributed by atoms with van der Waals surface area (Å²) in [5, 5.41) is 12.1. The lowest BCUT2D eigenvalue weighted by molar-refractivity contribution is -0.123. The number of hydrogen-bond donors (Lipinski definition) is 3. The van der Waals surface area contributed by atoms with E-state index in [0.717, 1.165) is 6.42 Å². The molecule has 0 aromatic heterocycles. The third-order valence-corrected chi connectivity index (χ3v) is 2.70. The standard InChI is InChI=1S/C11H24N2O3/c1-4-8(2)10(12)11(15)13-6-5-9(14)7-16-3/h8-10,14H,4-7,12H2,1-3H3,(H,13,15). The Morgan fingerprint density at radius 1 is 1.56 bits per heavy atom. The Kier molecular flexibility index (Phi) is 8.15. The molecule has 0 radical (unpaired) electrons. The van der Waals surface area contributed by atoms with Gasteiger partial charge in [-0.15, -0.1) is 0 Å². The number of ether oxygens (including phenoxy) is 1. The Labute approximate surface area is 97.3 Å². The number of amides is 1. The van der Waals surface area contributed by atoms with E-state index in [0.29, 0.717) is 13.0 Å². The van der Waals surface area contributed by atoms with Crippen LogP contribution in [0.4, 0.5) is 0 Å². The summed E-state index contributed by atoms with van der Waals surface area (Å²) in [4.78, 5) is 11.5. The molecule has 3 unspecified atom stereocenters. The van der Waals surface area contributed by atoms with Crippen LogP contribution in [0.15, 0.2) is 0 Å². The first-order valence-electron chi connectivity index (χ1n) is 5.73. The van der Waals surface area contributed by atoms with Gasteiger partial charge in [0.05, 0.1) is 18.8 Å². The minimum Gasteiger partial charge on any atom is -0.391 e. The molecule has 0 saturated carbocycles. The van der Waals surface area contributed by atoms with E-state index >= 15 is 0 Å². The summed E-state index contributed by atoms with van der Waals surface area (Å²) >= 11 is 0. The average Bonchev–Trinajstić information content (AvgIpc) is 2.27. The lowest BCUT2D eigenvalue weighted by atomic mass is 9.99. The van der Waals surface area contributed by atoms with Crippen LogP contribution >= 0.6 is 0 Å². The van der Waals surface area contributed by atoms with Gasteiger partial charge in [0.1, 0.15) is 0 Å². The van der Waals surface area contributed by atoms with Gasteiger partial charge in [-0.05, 0) is 12.3 Å². The smallest absolute Gasteiger partial charge is 0.237 e. The molecule has 0 saturated heterocycles. The van der Waals surface area contributed by atoms with Crippen molar-refractivity contribution in [2.45, 2.75) is 38.8 Å². The van der Waals surface area contributed by atoms with Crippen molar-refractivity contribution in [2.75, 3.05) is 20.3 Å². The van der Waals surface area contributed by atoms with Gasteiger partial charge in [-0.2, -0.15) is 0 Å². The van der Waals surface area contributed by atoms with Crippen LogP contribution in [0.3, 0.4) is 0 Å². The predicted octanol–water partition coefficient (Wildman–Crippen LogP) is -0.127. The van der Waals surface area contributed by atoms with Crippen LogP contribution in [-0.2, 0) is 9.53 Å². The molecule has 0 heterocycles. The molecule has 0 rings (SSSR count). The van der Waals surface area contributed by atoms with Crippen molar-refractivity contribution >= 4 is 5.91 Å². The first-order valence-corrected chi connectivity index (χ1v) is 5.73. The lowest BCUT2D eigenvalue weighted by Gasteiger charge is -2.18. The number of aliphatic hydroxyl groups excluding tert-OH is 1. The second-order valence-corrected chi connectivity index (χ2v) is 4.10. The fourth-order valence-electron chi connectivity index (χ4n) is 1.27. The molecule has 3 atom stereocenters. The quantitative estimate of drug-likeness (QED) is 0.544. The van der Waals surface area contributed by atoms with Crippen LogP contribution in [0.5, 0.6) is 0 Å². The molecule has 0 aromatic rings. The normalized spacial score (nSPS) is 16.6. The first kappa shape index (κ1) is 15.3. The van der Waals surface area contributed by atoms with E-state index in [-0.39, 0.29) is 18.4 Å². The van der Waals surface area contributed by atoms with Crippen LogP contribution in [0.25, 0.3) is 0 Å². The molecule has 0 bridgehead atoms. The van der Waals surface area contributed by atoms with Crippen molar-refractivity contribution in [1.82, 2.24) is 5.32 Å². The Morgan fingerprint density at radius 2 is 2.19 bits per heavy atom. The van der Waals surface area contributed by atoms with E-state index in [1.165, 1.54) is 7.11 Å². The molecule has 0 aromatic carbocycles. The van der Waals surface area contributed by atoms with Gasteiger partial charge in [0, 0.05) is 13.7 Å². The van der Waals surface area contributed by atoms with Crippen molar-refractivity contribution in [3.63, 3.8) is 0 Å². The van der Waals surface area contributed by atoms with Gasteiger partial charge in [0.2, 0.25) is 5.91 Å². The maximum atomic E-state index is 11.5. The number of aliphatic hydroxyl groups is 1. The van der Waals surface area contributed by atoms with Gasteiger partial charge in [0.25, 0.3) is 0 Å². The largest absolute Gasteiger partial charge is 0.391 e. The Bertz CT molecular complexity index is 200. The SMILES string of the molecule is CCC(C)C(N)C(=O)NCCC(O)COC. The Balaban J connectivity index is 3.72. The summed E-state index contributed by atoms with van der Waals surface area (Å²) in [6.07, 6.45) is 0.818. The summed E-state index contributed by atoms with van der Waals surface area (Å²) in [5.41, 5.74) is 5.75. The maximum Gasteiger partial charge on any atom is 0.237 e. The van der Waals surface area contributed by atoms with Crippen molar-refractivity contribution in [3.8, 4) is 0 Å². The first-order chi connectivity index (χ1) is 7.52. The van der Waals surface area contributed by atoms with E-state index in [9.17, 15) is 9.90 Å². The molecule has 5 heteroatoms. The van der Waals surface area contributed by atoms with Crippen LogP contribution in [0.2, 0.25) is 0 Å². The van der Waals surface area contributed by atoms with Gasteiger partial charge in [-0.25, -0.2) is 0 Å². The highest BCUT2D eigenvalue weighted by Crippen LogP contribution is 2.04. The molecular weight excluding hydrogens is 208 g/mol. The second-order valence-electron chi connectivity index (χ2n) is 4.10. The van der Waals surface area contributed by atoms with E-state index < -0.39 is 12.1 Å². The molecule has 4 N–H and O–H groups in total. The molecule has 0 fully saturated rings. The van der Waals surface area contributed by atoms with Gasteiger partial charge >= 0.3 is 0 Å². The van der Waals surface area contributed by atoms with Crippen molar-refractivity contribution < 1.29 is 14.6 Å². The Hall–Kier alpha value is -0.650. The van der Waals surface area contributed by atoms with E-state index in [1.807, 2.05) is 13.8 Å². The summed E-state index contributed by atoms with van der Waals surface area (Å²) < 4.78 is 4.78. The van der Waals surface area contributed by atoms with Crippen molar-refractivity contribution in [2.24, 2.45) is 11.7 Å². The number of nitrogens with one attached hydrogen (secondary N) is 1. The van der Waals surface area contributed by atoms with E-state index in [4.69, 9.17) is 10.5 Å². The molecule has 0 aliphatic carbocycles. The average molecular weight is 232 g/mol. The molecule has 5 nitrogen and oxygen atoms in total. The number of nitrogens with two attached hydrogens (primary N) is 1. The Morgan fingerprint density at radius 3 is 2.69 bits per heavy atom. The number of carbonyl (C=O) groups is 1. The number of methoxy groups -OCH3 is 1. The molecular formula is C11H24N2O3. The molecule has 96 valence electrons. The summed E-state index contributed by atoms with van der Waals surface area (Å²) in [6, 6.07) is -0.468. The number of hydrogen-bond acceptors (Lipinski definition) is 4. The number of carbonyl (C=O) groups excluding carboxylic acids is 1. The summed E-state index contributed by atoms with van der Waals surface area (Å²) in [5.74, 6) is 0.0165. The zero-order valence-corrected chi connectivity index (χ0v) is 10.4. The van der Waals surface area contributed by atoms with Crippen LogP contribution in [0, 0.1) is 5.92 Å². The van der Waals surface area contributed by atoms with Gasteiger partial charge in [-0.1, -0.05) is 20.3 Å². The summed E-state index contributed by atoms with van der Waals surface area (Å²) in [6.45, 7) is 4.66. The van der Waals surface area contributed by atoms with Gasteiger partial charge in [-0.3, -0.25) is 4.79 Å². The zero-order chi connectivity index (χ0) is 12.6. The lowest BCUT2D eigenvalue weighted by Crippen LogP contribution is -2.45. The predicted molar refractivity (Wildman–Crippen MR) is 62.9 cm³/mol. The van der Waals surface area contributed by atoms with Crippen LogP contribution in [0.1, 0.15) is 26.7 Å². The monoisotopic (exact) mass is 232 g/mol. The second kappa shape index (κ2) is 8.50. The molecule has 16 heavy (non-hydrogen) atoms. The van der Waals surface area contributed by atoms with Crippen molar-refractivity contribution in [1.29, 1.82) is 0 Å². The molecule has 0 aliphatic heterocycles. The highest BCUT2D eigenvalue weighted by atomic mass is 16.5. The maximum absolute atomic E-state index is 11.5. The van der Waals surface area contributed by atoms with Crippen molar-refractivity contribution in [3.05, 3.63) is 0 Å². The third-order valence-electron chi connectivity index (χ3n) is 2.70. The topological polar surface area (TPSA) is 84.6 Å². The van der Waals surface area contributed by atoms with Crippen LogP contribution in [-0.4, -0.2) is 43.4 Å². The fourth-order valence-corrected chi connectivity index (χ4v) is 1.27. The highest BCUT2D eigenvalue weighted by molar-refractivity contribution is 5.81. The summed E-state index contributed by atoms with van der Waals surface area (Å²) in [7, 11) is 1.53. The molecule has 0 aliphatic rings. The van der Waals surface area contributed by atoms with E-state index in [2.05, 4.69) is 5.32 Å². The third kappa shape index (κ3) is 6.05. The van der Waals surface area contributed by atoms with Crippen LogP contribution < -0.4 is 11.1 Å². The zero-order valence-electron chi connectivity index (χ0n) is 10.4. The minimum absolute atomic E-state index is 0.154. The molecule has 0 spiro atoms. The van der Waals surface area contributed by atoms with E-state index in [1.54, 1.807) is 0 Å².